The lowest BCUT2D eigenvalue weighted by Crippen LogP contribution is -2.40. The number of hydrogen-bond acceptors (Lipinski definition) is 9. The molecule has 5 rings (SSSR count). The van der Waals surface area contributed by atoms with Crippen LogP contribution >= 0.6 is 22.9 Å². The molecular formula is C31H27ClN2O8S. The zero-order valence-electron chi connectivity index (χ0n) is 23.7. The Morgan fingerprint density at radius 1 is 1.16 bits per heavy atom. The minimum absolute atomic E-state index is 0.0536. The molecule has 222 valence electrons. The number of aromatic carboxylic acids is 1. The number of fused-ring (bicyclic) bond motifs is 1. The van der Waals surface area contributed by atoms with Gasteiger partial charge >= 0.3 is 11.9 Å². The maximum atomic E-state index is 14.0. The predicted molar refractivity (Wildman–Crippen MR) is 161 cm³/mol. The van der Waals surface area contributed by atoms with Gasteiger partial charge in [-0.1, -0.05) is 35.1 Å². The number of benzene rings is 2. The first-order chi connectivity index (χ1) is 20.7. The Kier molecular flexibility index (Phi) is 8.56. The smallest absolute Gasteiger partial charge is 0.338 e. The van der Waals surface area contributed by atoms with Gasteiger partial charge in [0.2, 0.25) is 0 Å². The summed E-state index contributed by atoms with van der Waals surface area (Å²) in [7, 11) is 1.52. The van der Waals surface area contributed by atoms with E-state index in [0.29, 0.717) is 55.8 Å². The van der Waals surface area contributed by atoms with Crippen molar-refractivity contribution in [2.75, 3.05) is 20.3 Å². The molecule has 2 aromatic carbocycles. The van der Waals surface area contributed by atoms with E-state index in [4.69, 9.17) is 30.2 Å². The van der Waals surface area contributed by atoms with Gasteiger partial charge in [-0.05, 0) is 57.2 Å². The standard InChI is InChI=1S/C31H27ClN2O8S/c1-5-40-27-19(8-7-9-23(27)39-4)26-25(30(38)41-6-2)16(3)33-31-34(26)28(35)24(43-31)15-18-11-13-22(42-18)17-10-12-21(32)20(14-17)29(36)37/h7-15,26H,5-6H2,1-4H3,(H,36,37)/b24-15+/t26-/m0/s1. The first kappa shape index (κ1) is 29.9. The topological polar surface area (TPSA) is 130 Å². The van der Waals surface area contributed by atoms with Gasteiger partial charge in [-0.3, -0.25) is 9.36 Å². The summed E-state index contributed by atoms with van der Waals surface area (Å²) >= 11 is 7.15. The Morgan fingerprint density at radius 2 is 1.95 bits per heavy atom. The van der Waals surface area contributed by atoms with Crippen LogP contribution in [0.3, 0.4) is 0 Å². The van der Waals surface area contributed by atoms with E-state index in [1.54, 1.807) is 56.3 Å². The molecule has 4 aromatic rings. The molecular weight excluding hydrogens is 596 g/mol. The van der Waals surface area contributed by atoms with Gasteiger partial charge in [0, 0.05) is 17.2 Å². The predicted octanol–water partition coefficient (Wildman–Crippen LogP) is 4.82. The van der Waals surface area contributed by atoms with Crippen molar-refractivity contribution in [1.29, 1.82) is 0 Å². The highest BCUT2D eigenvalue weighted by atomic mass is 35.5. The van der Waals surface area contributed by atoms with Gasteiger partial charge in [0.05, 0.1) is 46.7 Å². The van der Waals surface area contributed by atoms with E-state index in [1.165, 1.54) is 23.8 Å². The molecule has 3 heterocycles. The quantitative estimate of drug-likeness (QED) is 0.263. The van der Waals surface area contributed by atoms with E-state index in [-0.39, 0.29) is 22.8 Å². The van der Waals surface area contributed by atoms with Gasteiger partial charge in [0.15, 0.2) is 16.3 Å². The normalized spacial score (nSPS) is 14.7. The fourth-order valence-corrected chi connectivity index (χ4v) is 6.08. The second-order valence-corrected chi connectivity index (χ2v) is 10.7. The number of carboxylic acids is 1. The average Bonchev–Trinajstić information content (AvgIpc) is 3.57. The summed E-state index contributed by atoms with van der Waals surface area (Å²) in [6.07, 6.45) is 1.58. The highest BCUT2D eigenvalue weighted by molar-refractivity contribution is 7.07. The van der Waals surface area contributed by atoms with Gasteiger partial charge in [-0.15, -0.1) is 0 Å². The van der Waals surface area contributed by atoms with E-state index in [1.807, 2.05) is 6.92 Å². The van der Waals surface area contributed by atoms with E-state index < -0.39 is 23.5 Å². The molecule has 43 heavy (non-hydrogen) atoms. The number of thiazole rings is 1. The molecule has 1 N–H and O–H groups in total. The highest BCUT2D eigenvalue weighted by Crippen LogP contribution is 2.40. The van der Waals surface area contributed by atoms with Crippen LogP contribution in [0.5, 0.6) is 11.5 Å². The first-order valence-electron chi connectivity index (χ1n) is 13.3. The third kappa shape index (κ3) is 5.61. The van der Waals surface area contributed by atoms with E-state index >= 15 is 0 Å². The number of methoxy groups -OCH3 is 1. The van der Waals surface area contributed by atoms with Gasteiger partial charge in [0.25, 0.3) is 5.56 Å². The number of aromatic nitrogens is 1. The van der Waals surface area contributed by atoms with Crippen molar-refractivity contribution in [3.05, 3.63) is 101 Å². The summed E-state index contributed by atoms with van der Waals surface area (Å²) in [5, 5.41) is 9.53. The van der Waals surface area contributed by atoms with Crippen molar-refractivity contribution >= 4 is 41.0 Å². The largest absolute Gasteiger partial charge is 0.493 e. The number of hydrogen-bond donors (Lipinski definition) is 1. The Bertz CT molecular complexity index is 1950. The van der Waals surface area contributed by atoms with Gasteiger partial charge in [0.1, 0.15) is 17.6 Å². The molecule has 0 radical (unpaired) electrons. The molecule has 1 aliphatic rings. The lowest BCUT2D eigenvalue weighted by molar-refractivity contribution is -0.139. The molecule has 0 aliphatic carbocycles. The summed E-state index contributed by atoms with van der Waals surface area (Å²) in [5.41, 5.74) is 1.24. The Balaban J connectivity index is 1.67. The number of rotatable bonds is 9. The number of halogens is 1. The van der Waals surface area contributed by atoms with Crippen molar-refractivity contribution in [3.8, 4) is 22.8 Å². The number of nitrogens with zero attached hydrogens (tertiary/aromatic N) is 2. The maximum Gasteiger partial charge on any atom is 0.338 e. The van der Waals surface area contributed by atoms with Crippen molar-refractivity contribution in [2.24, 2.45) is 4.99 Å². The maximum absolute atomic E-state index is 14.0. The molecule has 2 aromatic heterocycles. The van der Waals surface area contributed by atoms with Crippen molar-refractivity contribution in [2.45, 2.75) is 26.8 Å². The van der Waals surface area contributed by atoms with Crippen LogP contribution in [0.15, 0.2) is 74.0 Å². The van der Waals surface area contributed by atoms with Crippen LogP contribution in [-0.4, -0.2) is 41.9 Å². The number of para-hydroxylation sites is 1. The second kappa shape index (κ2) is 12.3. The molecule has 0 bridgehead atoms. The van der Waals surface area contributed by atoms with Crippen LogP contribution in [0.4, 0.5) is 0 Å². The monoisotopic (exact) mass is 622 g/mol. The van der Waals surface area contributed by atoms with Crippen molar-refractivity contribution < 1.29 is 33.3 Å². The van der Waals surface area contributed by atoms with Gasteiger partial charge < -0.3 is 23.7 Å². The van der Waals surface area contributed by atoms with Gasteiger partial charge in [-0.2, -0.15) is 0 Å². The number of ether oxygens (including phenoxy) is 3. The third-order valence-electron chi connectivity index (χ3n) is 6.71. The van der Waals surface area contributed by atoms with E-state index in [9.17, 15) is 19.5 Å². The van der Waals surface area contributed by atoms with Crippen LogP contribution < -0.4 is 24.4 Å². The molecule has 12 heteroatoms. The lowest BCUT2D eigenvalue weighted by atomic mass is 9.94. The SMILES string of the molecule is CCOC(=O)C1=C(C)N=c2s/c(=C/c3ccc(-c4ccc(Cl)c(C(=O)O)c4)o3)c(=O)n2[C@H]1c1cccc(OC)c1OCC. The third-order valence-corrected chi connectivity index (χ3v) is 8.02. The van der Waals surface area contributed by atoms with Crippen molar-refractivity contribution in [1.82, 2.24) is 4.57 Å². The number of carboxylic acid groups (broad SMARTS) is 1. The summed E-state index contributed by atoms with van der Waals surface area (Å²) in [6, 6.07) is 12.3. The fraction of sp³-hybridized carbons (Fsp3) is 0.226. The Morgan fingerprint density at radius 3 is 2.65 bits per heavy atom. The molecule has 0 unspecified atom stereocenters. The highest BCUT2D eigenvalue weighted by Gasteiger charge is 2.36. The zero-order chi connectivity index (χ0) is 30.8. The lowest BCUT2D eigenvalue weighted by Gasteiger charge is -2.26. The molecule has 1 atom stereocenters. The van der Waals surface area contributed by atoms with E-state index in [0.717, 1.165) is 11.3 Å². The summed E-state index contributed by atoms with van der Waals surface area (Å²) in [5.74, 6) is -0.128. The minimum Gasteiger partial charge on any atom is -0.493 e. The van der Waals surface area contributed by atoms with Crippen molar-refractivity contribution in [3.63, 3.8) is 0 Å². The van der Waals surface area contributed by atoms with Crippen LogP contribution in [0.25, 0.3) is 17.4 Å². The number of furan rings is 1. The second-order valence-electron chi connectivity index (χ2n) is 9.32. The molecule has 1 aliphatic heterocycles. The molecule has 0 saturated carbocycles. The number of allylic oxidation sites excluding steroid dienone is 1. The van der Waals surface area contributed by atoms with E-state index in [2.05, 4.69) is 4.99 Å². The summed E-state index contributed by atoms with van der Waals surface area (Å²) < 4.78 is 24.6. The van der Waals surface area contributed by atoms with Gasteiger partial charge in [-0.25, -0.2) is 14.6 Å². The number of carbonyl (C=O) groups is 2. The molecule has 10 nitrogen and oxygen atoms in total. The summed E-state index contributed by atoms with van der Waals surface area (Å²) in [6.45, 7) is 5.71. The molecule has 0 fully saturated rings. The minimum atomic E-state index is -1.16. The summed E-state index contributed by atoms with van der Waals surface area (Å²) in [4.78, 5) is 43.8. The average molecular weight is 623 g/mol. The van der Waals surface area contributed by atoms with Crippen LogP contribution in [-0.2, 0) is 9.53 Å². The molecule has 0 spiro atoms. The number of carbonyl (C=O) groups excluding carboxylic acids is 1. The van der Waals surface area contributed by atoms with Crippen LogP contribution in [0.2, 0.25) is 5.02 Å². The fourth-order valence-electron chi connectivity index (χ4n) is 4.85. The Labute approximate surface area is 254 Å². The molecule has 0 saturated heterocycles. The van der Waals surface area contributed by atoms with Crippen LogP contribution in [0.1, 0.15) is 48.5 Å². The molecule has 0 amide bonds. The number of esters is 1. The zero-order valence-corrected chi connectivity index (χ0v) is 25.2. The van der Waals surface area contributed by atoms with Crippen LogP contribution in [0, 0.1) is 0 Å². The Hall–Kier alpha value is -4.61. The first-order valence-corrected chi connectivity index (χ1v) is 14.5.